The highest BCUT2D eigenvalue weighted by Crippen LogP contribution is 2.46. The number of anilines is 1. The molecule has 0 saturated carbocycles. The van der Waals surface area contributed by atoms with Gasteiger partial charge in [-0.15, -0.1) is 5.06 Å². The van der Waals surface area contributed by atoms with Crippen LogP contribution in [0.2, 0.25) is 0 Å². The molecule has 0 atom stereocenters. The van der Waals surface area contributed by atoms with E-state index in [-0.39, 0.29) is 25.2 Å². The summed E-state index contributed by atoms with van der Waals surface area (Å²) in [5, 5.41) is 16.0. The van der Waals surface area contributed by atoms with E-state index < -0.39 is 44.7 Å². The molecule has 1 fully saturated rings. The molecule has 0 aromatic heterocycles. The fourth-order valence-electron chi connectivity index (χ4n) is 13.9. The van der Waals surface area contributed by atoms with Crippen LogP contribution in [0.5, 0.6) is 11.5 Å². The van der Waals surface area contributed by atoms with E-state index >= 15 is 0 Å². The summed E-state index contributed by atoms with van der Waals surface area (Å²) in [6.07, 6.45) is 9.21. The smallest absolute Gasteiger partial charge is 0.333 e. The summed E-state index contributed by atoms with van der Waals surface area (Å²) >= 11 is 0. The Hall–Kier alpha value is -6.29. The Morgan fingerprint density at radius 3 is 1.16 bits per heavy atom. The number of carbonyl (C=O) groups excluding carboxylic acids is 4. The fourth-order valence-corrected chi connectivity index (χ4v) is 14.6. The van der Waals surface area contributed by atoms with Crippen molar-refractivity contribution in [3.8, 4) is 17.6 Å². The lowest BCUT2D eigenvalue weighted by atomic mass is 9.85. The van der Waals surface area contributed by atoms with Crippen molar-refractivity contribution >= 4 is 56.2 Å². The van der Waals surface area contributed by atoms with Crippen molar-refractivity contribution in [2.45, 2.75) is 116 Å². The number of nitriles is 1. The van der Waals surface area contributed by atoms with Gasteiger partial charge in [0.15, 0.2) is 5.54 Å². The number of methoxy groups -OCH3 is 1. The highest BCUT2D eigenvalue weighted by atomic mass is 32.2. The number of hydrogen-bond acceptors (Lipinski definition) is 34. The van der Waals surface area contributed by atoms with E-state index in [1.165, 1.54) is 0 Å². The van der Waals surface area contributed by atoms with Gasteiger partial charge in [-0.25, -0.2) is 9.37 Å². The first-order valence-electron chi connectivity index (χ1n) is 46.2. The van der Waals surface area contributed by atoms with E-state index in [0.717, 1.165) is 29.3 Å². The maximum atomic E-state index is 12.8. The topological polar surface area (TPSA) is 408 Å². The molecular weight excluding hydrogens is 1740 g/mol. The SMILES string of the molecule is CCC1=CC(C)(C)[N+](CCCCCC(=O)ON2C(=O)CCC2=O)=c2cc3c(cc21)=C(C#N)c1cc2c(cc1O3)N(CCCCCC(=O)NCCOCCOCCOCCOCCOCCOCCOCCOCCOCCOCCOCCOCCOCCOCCOCCOCCOCCOCCOCCOCCOCCOCCOCCOC)C(C)(C)C=C2CS(=O)(=O)O. The second kappa shape index (κ2) is 71.2. The standard InChI is InChI=1S/C92H149N5O33S/c1-7-76-72-91(2,3)95(20-13-9-11-15-90(101)130-97-88(99)16-17-89(97)100)83-70-85-80(68-78(76)83)82(74-93)81-69-79-77(75-131(102,103)104)73-92(4,5)96(84(79)71-86(81)129-85)19-12-8-10-14-87(98)94-18-21-106-24-25-108-28-29-110-32-33-112-36-37-114-40-41-116-44-45-118-48-49-120-52-53-122-56-57-124-60-61-126-64-65-128-67-66-127-63-62-125-59-58-123-55-54-121-51-50-119-47-46-117-43-42-115-39-38-113-35-34-111-31-30-109-27-26-107-23-22-105-6/h68-73H,7-67,75H2,1-6H3,(H-,94,98,102,103,104)/p+1. The van der Waals surface area contributed by atoms with Crippen molar-refractivity contribution < 1.29 is 155 Å². The van der Waals surface area contributed by atoms with Gasteiger partial charge in [-0.2, -0.15) is 13.7 Å². The minimum atomic E-state index is -4.47. The number of fused-ring (bicyclic) bond motifs is 4. The van der Waals surface area contributed by atoms with Crippen LogP contribution in [0.3, 0.4) is 0 Å². The number of hydrogen-bond donors (Lipinski definition) is 2. The predicted octanol–water partition coefficient (Wildman–Crippen LogP) is 5.33. The van der Waals surface area contributed by atoms with Crippen LogP contribution >= 0.6 is 0 Å². The van der Waals surface area contributed by atoms with Crippen molar-refractivity contribution in [1.29, 1.82) is 5.26 Å². The van der Waals surface area contributed by atoms with E-state index in [1.807, 2.05) is 38.1 Å². The molecule has 39 heteroatoms. The third-order valence-electron chi connectivity index (χ3n) is 20.4. The first kappa shape index (κ1) is 113. The first-order chi connectivity index (χ1) is 63.9. The average molecular weight is 1890 g/mol. The molecule has 38 nitrogen and oxygen atoms in total. The maximum Gasteiger partial charge on any atom is 0.333 e. The minimum Gasteiger partial charge on any atom is -0.456 e. The second-order valence-electron chi connectivity index (χ2n) is 31.4. The molecule has 4 heterocycles. The van der Waals surface area contributed by atoms with Crippen LogP contribution in [0.25, 0.3) is 16.7 Å². The normalized spacial score (nSPS) is 14.5. The molecule has 2 aromatic rings. The van der Waals surface area contributed by atoms with E-state index in [2.05, 4.69) is 47.7 Å². The molecule has 6 rings (SSSR count). The lowest BCUT2D eigenvalue weighted by Gasteiger charge is -2.44. The number of unbranched alkanes of at least 4 members (excludes halogenated alkanes) is 4. The maximum absolute atomic E-state index is 12.8. The second-order valence-corrected chi connectivity index (χ2v) is 32.9. The Bertz CT molecular complexity index is 3820. The van der Waals surface area contributed by atoms with E-state index in [4.69, 9.17) is 123 Å². The number of imide groups is 1. The lowest BCUT2D eigenvalue weighted by molar-refractivity contribution is -0.197. The van der Waals surface area contributed by atoms with E-state index in [9.17, 15) is 37.4 Å². The first-order valence-corrected chi connectivity index (χ1v) is 47.8. The number of allylic oxidation sites excluding steroid dienone is 1. The van der Waals surface area contributed by atoms with Gasteiger partial charge < -0.3 is 133 Å². The largest absolute Gasteiger partial charge is 0.456 e. The predicted molar refractivity (Wildman–Crippen MR) is 482 cm³/mol. The number of hydroxylamine groups is 2. The molecule has 3 amide bonds. The number of nitrogens with zero attached hydrogens (tertiary/aromatic N) is 4. The number of amides is 3. The van der Waals surface area contributed by atoms with Crippen LogP contribution in [-0.4, -0.2) is 396 Å². The highest BCUT2D eigenvalue weighted by molar-refractivity contribution is 7.86. The molecule has 0 aliphatic carbocycles. The zero-order valence-corrected chi connectivity index (χ0v) is 79.3. The molecule has 1 saturated heterocycles. The number of nitrogens with one attached hydrogen (secondary N) is 1. The molecule has 746 valence electrons. The van der Waals surface area contributed by atoms with Crippen molar-refractivity contribution in [2.75, 3.05) is 348 Å². The van der Waals surface area contributed by atoms with E-state index in [1.54, 1.807) is 13.2 Å². The number of benzene rings is 2. The third kappa shape index (κ3) is 49.9. The number of carbonyl (C=O) groups is 4. The fraction of sp³-hybridized carbons (Fsp3) is 0.761. The molecule has 0 spiro atoms. The van der Waals surface area contributed by atoms with Gasteiger partial charge >= 0.3 is 5.97 Å². The van der Waals surface area contributed by atoms with Gasteiger partial charge in [0.2, 0.25) is 11.3 Å². The lowest BCUT2D eigenvalue weighted by Crippen LogP contribution is -2.50. The molecule has 0 unspecified atom stereocenters. The van der Waals surface area contributed by atoms with Crippen LogP contribution in [0.1, 0.15) is 122 Å². The highest BCUT2D eigenvalue weighted by Gasteiger charge is 2.39. The number of rotatable bonds is 88. The molecule has 4 aliphatic rings. The van der Waals surface area contributed by atoms with Gasteiger partial charge in [-0.3, -0.25) is 18.9 Å². The molecule has 131 heavy (non-hydrogen) atoms. The van der Waals surface area contributed by atoms with Crippen LogP contribution in [0, 0.1) is 11.3 Å². The van der Waals surface area contributed by atoms with Crippen LogP contribution in [0.15, 0.2) is 36.4 Å². The molecule has 0 bridgehead atoms. The summed E-state index contributed by atoms with van der Waals surface area (Å²) in [6, 6.07) is 10.1. The van der Waals surface area contributed by atoms with Crippen LogP contribution < -0.4 is 30.1 Å². The minimum absolute atomic E-state index is 0.0291. The quantitative estimate of drug-likeness (QED) is 0.0365. The molecule has 2 aromatic carbocycles. The summed E-state index contributed by atoms with van der Waals surface area (Å²) in [5.74, 6) is -1.45. The third-order valence-corrected chi connectivity index (χ3v) is 21.1. The van der Waals surface area contributed by atoms with Crippen molar-refractivity contribution in [3.63, 3.8) is 0 Å². The van der Waals surface area contributed by atoms with Gasteiger partial charge in [-0.05, 0) is 75.3 Å². The van der Waals surface area contributed by atoms with Crippen molar-refractivity contribution in [2.24, 2.45) is 0 Å². The Kier molecular flexibility index (Phi) is 61.7. The van der Waals surface area contributed by atoms with Crippen LogP contribution in [0.4, 0.5) is 5.69 Å². The summed E-state index contributed by atoms with van der Waals surface area (Å²) in [6.45, 7) is 33.8. The summed E-state index contributed by atoms with van der Waals surface area (Å²) in [5.41, 5.74) is 3.44. The van der Waals surface area contributed by atoms with Crippen molar-refractivity contribution in [1.82, 2.24) is 15.0 Å². The molecular formula is C92H150N5O33S+. The average Bonchev–Trinajstić information content (AvgIpc) is 0.965. The molecule has 2 N–H and O–H groups in total. The van der Waals surface area contributed by atoms with Gasteiger partial charge in [0, 0.05) is 99.8 Å². The zero-order valence-electron chi connectivity index (χ0n) is 78.5. The molecule has 0 radical (unpaired) electrons. The Labute approximate surface area is 773 Å². The summed E-state index contributed by atoms with van der Waals surface area (Å²) in [7, 11) is -2.83. The van der Waals surface area contributed by atoms with Gasteiger partial charge in [0.25, 0.3) is 21.9 Å². The van der Waals surface area contributed by atoms with Crippen LogP contribution in [-0.2, 0) is 148 Å². The van der Waals surface area contributed by atoms with Gasteiger partial charge in [0.1, 0.15) is 29.9 Å². The number of ether oxygens (including phenoxy) is 25. The Balaban J connectivity index is 0.635. The monoisotopic (exact) mass is 1880 g/mol. The molecule has 4 aliphatic heterocycles. The Morgan fingerprint density at radius 2 is 0.802 bits per heavy atom. The van der Waals surface area contributed by atoms with Gasteiger partial charge in [-0.1, -0.05) is 19.4 Å². The summed E-state index contributed by atoms with van der Waals surface area (Å²) < 4.78 is 177. The van der Waals surface area contributed by atoms with Crippen molar-refractivity contribution in [3.05, 3.63) is 63.7 Å². The van der Waals surface area contributed by atoms with Gasteiger partial charge in [0.05, 0.1) is 328 Å². The Morgan fingerprint density at radius 1 is 0.443 bits per heavy atom. The van der Waals surface area contributed by atoms with E-state index in [0.29, 0.717) is 418 Å². The summed E-state index contributed by atoms with van der Waals surface area (Å²) in [4.78, 5) is 56.6. The zero-order chi connectivity index (χ0) is 93.8.